The Hall–Kier alpha value is -2.74. The molecule has 0 aliphatic carbocycles. The normalized spacial score (nSPS) is 13.9. The number of rotatable bonds is 6. The molecular weight excluding hydrogens is 362 g/mol. The number of carbonyl (C=O) groups is 1. The molecule has 0 bridgehead atoms. The van der Waals surface area contributed by atoms with Crippen molar-refractivity contribution in [3.05, 3.63) is 42.7 Å². The maximum atomic E-state index is 12.3. The number of furan rings is 1. The fourth-order valence-electron chi connectivity index (χ4n) is 3.12. The van der Waals surface area contributed by atoms with Crippen molar-refractivity contribution in [2.75, 3.05) is 29.1 Å². The first-order chi connectivity index (χ1) is 13.2. The summed E-state index contributed by atoms with van der Waals surface area (Å²) in [6.07, 6.45) is 4.10. The summed E-state index contributed by atoms with van der Waals surface area (Å²) in [5.74, 6) is 1.48. The van der Waals surface area contributed by atoms with Crippen LogP contribution in [-0.4, -0.2) is 39.5 Å². The predicted molar refractivity (Wildman–Crippen MR) is 106 cm³/mol. The van der Waals surface area contributed by atoms with Crippen molar-refractivity contribution in [1.82, 2.24) is 14.8 Å². The Bertz CT molecular complexity index is 899. The van der Waals surface area contributed by atoms with E-state index in [9.17, 15) is 4.79 Å². The Labute approximate surface area is 161 Å². The zero-order chi connectivity index (χ0) is 18.6. The van der Waals surface area contributed by atoms with Crippen molar-refractivity contribution in [3.63, 3.8) is 0 Å². The summed E-state index contributed by atoms with van der Waals surface area (Å²) in [6, 6.07) is 11.7. The van der Waals surface area contributed by atoms with E-state index in [1.165, 1.54) is 30.3 Å². The number of nitrogens with zero attached hydrogens (tertiary/aromatic N) is 4. The van der Waals surface area contributed by atoms with Gasteiger partial charge in [-0.2, -0.15) is 0 Å². The average Bonchev–Trinajstić information content (AvgIpc) is 3.43. The van der Waals surface area contributed by atoms with E-state index in [0.29, 0.717) is 16.7 Å². The second-order valence-electron chi connectivity index (χ2n) is 6.42. The van der Waals surface area contributed by atoms with Crippen molar-refractivity contribution < 1.29 is 9.21 Å². The molecule has 3 aromatic rings. The number of amides is 1. The lowest BCUT2D eigenvalue weighted by Gasteiger charge is -2.17. The quantitative estimate of drug-likeness (QED) is 0.658. The van der Waals surface area contributed by atoms with Crippen LogP contribution in [0.25, 0.3) is 11.6 Å². The molecule has 3 heterocycles. The number of aromatic nitrogens is 3. The molecule has 0 unspecified atom stereocenters. The number of benzene rings is 1. The Morgan fingerprint density at radius 2 is 1.96 bits per heavy atom. The Morgan fingerprint density at radius 1 is 1.19 bits per heavy atom. The average molecular weight is 383 g/mol. The summed E-state index contributed by atoms with van der Waals surface area (Å²) >= 11 is 1.34. The lowest BCUT2D eigenvalue weighted by molar-refractivity contribution is -0.113. The lowest BCUT2D eigenvalue weighted by atomic mass is 10.2. The maximum absolute atomic E-state index is 12.3. The fourth-order valence-corrected chi connectivity index (χ4v) is 3.83. The minimum absolute atomic E-state index is 0.0727. The molecule has 1 saturated heterocycles. The minimum Gasteiger partial charge on any atom is -0.461 e. The molecule has 1 amide bonds. The highest BCUT2D eigenvalue weighted by Gasteiger charge is 2.15. The van der Waals surface area contributed by atoms with Gasteiger partial charge in [0.05, 0.1) is 12.0 Å². The minimum atomic E-state index is -0.0727. The van der Waals surface area contributed by atoms with Crippen LogP contribution in [0.1, 0.15) is 12.8 Å². The summed E-state index contributed by atoms with van der Waals surface area (Å²) in [7, 11) is 1.86. The van der Waals surface area contributed by atoms with Gasteiger partial charge in [0.15, 0.2) is 16.7 Å². The molecule has 27 heavy (non-hydrogen) atoms. The molecular formula is C19H21N5O2S. The van der Waals surface area contributed by atoms with Crippen LogP contribution in [0.5, 0.6) is 0 Å². The number of carbonyl (C=O) groups excluding carboxylic acids is 1. The van der Waals surface area contributed by atoms with Crippen LogP contribution < -0.4 is 10.2 Å². The van der Waals surface area contributed by atoms with E-state index in [1.807, 2.05) is 29.8 Å². The van der Waals surface area contributed by atoms with Gasteiger partial charge in [0.2, 0.25) is 5.91 Å². The highest BCUT2D eigenvalue weighted by atomic mass is 32.2. The Balaban J connectivity index is 1.32. The van der Waals surface area contributed by atoms with Gasteiger partial charge in [-0.3, -0.25) is 4.79 Å². The van der Waals surface area contributed by atoms with Gasteiger partial charge in [0, 0.05) is 31.5 Å². The number of anilines is 2. The van der Waals surface area contributed by atoms with E-state index in [1.54, 1.807) is 12.3 Å². The van der Waals surface area contributed by atoms with Crippen LogP contribution in [0.4, 0.5) is 11.4 Å². The van der Waals surface area contributed by atoms with Crippen LogP contribution in [0.15, 0.2) is 52.2 Å². The van der Waals surface area contributed by atoms with Gasteiger partial charge in [-0.25, -0.2) is 0 Å². The van der Waals surface area contributed by atoms with E-state index >= 15 is 0 Å². The summed E-state index contributed by atoms with van der Waals surface area (Å²) in [5, 5.41) is 11.9. The van der Waals surface area contributed by atoms with Crippen molar-refractivity contribution in [2.24, 2.45) is 7.05 Å². The first-order valence-corrected chi connectivity index (χ1v) is 9.90. The molecule has 1 N–H and O–H groups in total. The van der Waals surface area contributed by atoms with Gasteiger partial charge in [-0.05, 0) is 49.2 Å². The van der Waals surface area contributed by atoms with E-state index in [2.05, 4.69) is 32.5 Å². The molecule has 1 fully saturated rings. The number of hydrogen-bond donors (Lipinski definition) is 1. The Morgan fingerprint density at radius 3 is 2.67 bits per heavy atom. The standard InChI is InChI=1S/C19H21N5O2S/c1-23-18(16-5-4-12-26-16)21-22-19(23)27-13-17(25)20-14-6-8-15(9-7-14)24-10-2-3-11-24/h4-9,12H,2-3,10-11,13H2,1H3,(H,20,25). The van der Waals surface area contributed by atoms with Crippen LogP contribution in [-0.2, 0) is 11.8 Å². The van der Waals surface area contributed by atoms with E-state index < -0.39 is 0 Å². The van der Waals surface area contributed by atoms with Crippen molar-refractivity contribution in [2.45, 2.75) is 18.0 Å². The van der Waals surface area contributed by atoms with Crippen molar-refractivity contribution >= 4 is 29.0 Å². The van der Waals surface area contributed by atoms with Gasteiger partial charge >= 0.3 is 0 Å². The molecule has 1 aliphatic heterocycles. The monoisotopic (exact) mass is 383 g/mol. The molecule has 2 aromatic heterocycles. The molecule has 1 aliphatic rings. The van der Waals surface area contributed by atoms with Crippen LogP contribution in [0.2, 0.25) is 0 Å². The molecule has 0 radical (unpaired) electrons. The number of hydrogen-bond acceptors (Lipinski definition) is 6. The fraction of sp³-hybridized carbons (Fsp3) is 0.316. The van der Waals surface area contributed by atoms with Gasteiger partial charge in [0.1, 0.15) is 0 Å². The smallest absolute Gasteiger partial charge is 0.234 e. The summed E-state index contributed by atoms with van der Waals surface area (Å²) in [5.41, 5.74) is 2.02. The second-order valence-corrected chi connectivity index (χ2v) is 7.36. The lowest BCUT2D eigenvalue weighted by Crippen LogP contribution is -2.18. The van der Waals surface area contributed by atoms with Gasteiger partial charge < -0.3 is 19.2 Å². The molecule has 140 valence electrons. The predicted octanol–water partition coefficient (Wildman–Crippen LogP) is 3.41. The third kappa shape index (κ3) is 4.00. The molecule has 4 rings (SSSR count). The molecule has 0 spiro atoms. The zero-order valence-electron chi connectivity index (χ0n) is 15.1. The molecule has 1 aromatic carbocycles. The molecule has 0 saturated carbocycles. The summed E-state index contributed by atoms with van der Waals surface area (Å²) < 4.78 is 7.17. The Kier molecular flexibility index (Phi) is 5.15. The highest BCUT2D eigenvalue weighted by molar-refractivity contribution is 7.99. The summed E-state index contributed by atoms with van der Waals surface area (Å²) in [4.78, 5) is 14.6. The van der Waals surface area contributed by atoms with E-state index in [-0.39, 0.29) is 11.7 Å². The van der Waals surface area contributed by atoms with Crippen molar-refractivity contribution in [3.8, 4) is 11.6 Å². The van der Waals surface area contributed by atoms with E-state index in [0.717, 1.165) is 18.8 Å². The van der Waals surface area contributed by atoms with Crippen LogP contribution in [0, 0.1) is 0 Å². The van der Waals surface area contributed by atoms with Gasteiger partial charge in [-0.15, -0.1) is 10.2 Å². The summed E-state index contributed by atoms with van der Waals surface area (Å²) in [6.45, 7) is 2.22. The largest absolute Gasteiger partial charge is 0.461 e. The first-order valence-electron chi connectivity index (χ1n) is 8.91. The third-order valence-electron chi connectivity index (χ3n) is 4.53. The molecule has 7 nitrogen and oxygen atoms in total. The SMILES string of the molecule is Cn1c(SCC(=O)Nc2ccc(N3CCCC3)cc2)nnc1-c1ccco1. The molecule has 8 heteroatoms. The van der Waals surface area contributed by atoms with Crippen molar-refractivity contribution in [1.29, 1.82) is 0 Å². The number of thioether (sulfide) groups is 1. The maximum Gasteiger partial charge on any atom is 0.234 e. The van der Waals surface area contributed by atoms with E-state index in [4.69, 9.17) is 4.42 Å². The second kappa shape index (κ2) is 7.87. The van der Waals surface area contributed by atoms with Gasteiger partial charge in [0.25, 0.3) is 0 Å². The first kappa shape index (κ1) is 17.7. The third-order valence-corrected chi connectivity index (χ3v) is 5.55. The highest BCUT2D eigenvalue weighted by Crippen LogP contribution is 2.24. The van der Waals surface area contributed by atoms with Crippen LogP contribution >= 0.6 is 11.8 Å². The topological polar surface area (TPSA) is 76.2 Å². The van der Waals surface area contributed by atoms with Gasteiger partial charge in [-0.1, -0.05) is 11.8 Å². The zero-order valence-corrected chi connectivity index (χ0v) is 15.9. The number of nitrogens with one attached hydrogen (secondary N) is 1. The molecule has 0 atom stereocenters. The van der Waals surface area contributed by atoms with Crippen LogP contribution in [0.3, 0.4) is 0 Å².